The molecule has 1 aromatic rings. The minimum atomic E-state index is -3.72. The van der Waals surface area contributed by atoms with Gasteiger partial charge in [0.1, 0.15) is 4.90 Å². The van der Waals surface area contributed by atoms with Gasteiger partial charge in [-0.15, -0.1) is 0 Å². The van der Waals surface area contributed by atoms with Gasteiger partial charge in [-0.05, 0) is 43.9 Å². The molecule has 1 rings (SSSR count). The van der Waals surface area contributed by atoms with E-state index in [0.29, 0.717) is 18.4 Å². The number of rotatable bonds is 7. The largest absolute Gasteiger partial charge is 0.398 e. The molecule has 3 N–H and O–H groups in total. The van der Waals surface area contributed by atoms with Gasteiger partial charge in [0.2, 0.25) is 10.0 Å². The summed E-state index contributed by atoms with van der Waals surface area (Å²) in [6.07, 6.45) is 1.39. The van der Waals surface area contributed by atoms with E-state index in [4.69, 9.17) is 5.73 Å². The van der Waals surface area contributed by atoms with E-state index in [9.17, 15) is 13.5 Å². The molecule has 0 saturated heterocycles. The van der Waals surface area contributed by atoms with E-state index >= 15 is 0 Å². The van der Waals surface area contributed by atoms with Crippen LogP contribution in [0.3, 0.4) is 0 Å². The molecule has 0 saturated carbocycles. The molecule has 0 radical (unpaired) electrons. The molecule has 1 aromatic carbocycles. The molecule has 0 fully saturated rings. The molecule has 5 nitrogen and oxygen atoms in total. The molecule has 0 aliphatic carbocycles. The van der Waals surface area contributed by atoms with Crippen LogP contribution in [0.5, 0.6) is 0 Å². The lowest BCUT2D eigenvalue weighted by molar-refractivity contribution is 0.219. The fraction of sp³-hybridized carbons (Fsp3) is 0.600. The standard InChI is InChI=1S/C15H26N2O3S/c1-5-13(6-2)17(9-10-18)21(19,20)15-12(4)11(3)7-8-14(15)16/h7-8,13,18H,5-6,9-10,16H2,1-4H3. The smallest absolute Gasteiger partial charge is 0.245 e. The summed E-state index contributed by atoms with van der Waals surface area (Å²) in [6.45, 7) is 7.40. The molecule has 0 aliphatic heterocycles. The molecule has 21 heavy (non-hydrogen) atoms. The third-order valence-corrected chi connectivity index (χ3v) is 6.10. The number of nitrogen functional groups attached to an aromatic ring is 1. The number of hydrogen-bond acceptors (Lipinski definition) is 4. The van der Waals surface area contributed by atoms with Crippen molar-refractivity contribution < 1.29 is 13.5 Å². The van der Waals surface area contributed by atoms with Crippen LogP contribution >= 0.6 is 0 Å². The molecular weight excluding hydrogens is 288 g/mol. The molecule has 0 aliphatic rings. The highest BCUT2D eigenvalue weighted by molar-refractivity contribution is 7.89. The van der Waals surface area contributed by atoms with Crippen molar-refractivity contribution in [2.75, 3.05) is 18.9 Å². The van der Waals surface area contributed by atoms with Gasteiger partial charge in [0.25, 0.3) is 0 Å². The summed E-state index contributed by atoms with van der Waals surface area (Å²) in [5.41, 5.74) is 7.74. The van der Waals surface area contributed by atoms with Crippen molar-refractivity contribution in [1.29, 1.82) is 0 Å². The Morgan fingerprint density at radius 3 is 2.29 bits per heavy atom. The summed E-state index contributed by atoms with van der Waals surface area (Å²) in [7, 11) is -3.72. The Balaban J connectivity index is 3.46. The first kappa shape index (κ1) is 17.9. The molecule has 120 valence electrons. The van der Waals surface area contributed by atoms with Gasteiger partial charge in [-0.25, -0.2) is 8.42 Å². The molecule has 0 unspecified atom stereocenters. The van der Waals surface area contributed by atoms with Crippen LogP contribution in [0, 0.1) is 13.8 Å². The molecule has 0 spiro atoms. The topological polar surface area (TPSA) is 83.6 Å². The van der Waals surface area contributed by atoms with Crippen LogP contribution < -0.4 is 5.73 Å². The van der Waals surface area contributed by atoms with E-state index in [1.807, 2.05) is 26.8 Å². The first-order chi connectivity index (χ1) is 9.81. The second-order valence-corrected chi connectivity index (χ2v) is 7.06. The van der Waals surface area contributed by atoms with Gasteiger partial charge in [-0.2, -0.15) is 4.31 Å². The Morgan fingerprint density at radius 1 is 1.24 bits per heavy atom. The van der Waals surface area contributed by atoms with E-state index < -0.39 is 10.0 Å². The van der Waals surface area contributed by atoms with E-state index in [1.54, 1.807) is 13.0 Å². The van der Waals surface area contributed by atoms with Crippen molar-refractivity contribution in [2.24, 2.45) is 0 Å². The van der Waals surface area contributed by atoms with Gasteiger partial charge < -0.3 is 10.8 Å². The highest BCUT2D eigenvalue weighted by Crippen LogP contribution is 2.30. The maximum atomic E-state index is 13.0. The lowest BCUT2D eigenvalue weighted by atomic mass is 10.1. The number of aryl methyl sites for hydroxylation is 1. The molecule has 6 heteroatoms. The number of nitrogens with zero attached hydrogens (tertiary/aromatic N) is 1. The van der Waals surface area contributed by atoms with Crippen molar-refractivity contribution in [3.05, 3.63) is 23.3 Å². The second kappa shape index (κ2) is 7.24. The van der Waals surface area contributed by atoms with E-state index in [0.717, 1.165) is 5.56 Å². The van der Waals surface area contributed by atoms with E-state index in [1.165, 1.54) is 4.31 Å². The van der Waals surface area contributed by atoms with E-state index in [-0.39, 0.29) is 29.8 Å². The van der Waals surface area contributed by atoms with Crippen LogP contribution in [0.1, 0.15) is 37.8 Å². The normalized spacial score (nSPS) is 12.3. The summed E-state index contributed by atoms with van der Waals surface area (Å²) in [4.78, 5) is 0.169. The average Bonchev–Trinajstić information content (AvgIpc) is 2.43. The number of sulfonamides is 1. The zero-order valence-electron chi connectivity index (χ0n) is 13.3. The number of aliphatic hydroxyl groups is 1. The summed E-state index contributed by atoms with van der Waals surface area (Å²) in [5.74, 6) is 0. The van der Waals surface area contributed by atoms with Crippen molar-refractivity contribution >= 4 is 15.7 Å². The van der Waals surface area contributed by atoms with Gasteiger partial charge in [0, 0.05) is 12.6 Å². The maximum absolute atomic E-state index is 13.0. The Kier molecular flexibility index (Phi) is 6.19. The zero-order valence-corrected chi connectivity index (χ0v) is 14.1. The van der Waals surface area contributed by atoms with E-state index in [2.05, 4.69) is 0 Å². The van der Waals surface area contributed by atoms with Crippen LogP contribution in [0.15, 0.2) is 17.0 Å². The Bertz CT molecular complexity index is 581. The first-order valence-electron chi connectivity index (χ1n) is 7.29. The predicted octanol–water partition coefficient (Wildman–Crippen LogP) is 2.06. The van der Waals surface area contributed by atoms with Crippen molar-refractivity contribution in [2.45, 2.75) is 51.5 Å². The number of nitrogens with two attached hydrogens (primary N) is 1. The molecule has 0 bridgehead atoms. The number of benzene rings is 1. The quantitative estimate of drug-likeness (QED) is 0.755. The summed E-state index contributed by atoms with van der Waals surface area (Å²) in [5, 5.41) is 9.24. The molecule has 0 aromatic heterocycles. The van der Waals surface area contributed by atoms with Gasteiger partial charge >= 0.3 is 0 Å². The zero-order chi connectivity index (χ0) is 16.2. The SMILES string of the molecule is CCC(CC)N(CCO)S(=O)(=O)c1c(N)ccc(C)c1C. The summed E-state index contributed by atoms with van der Waals surface area (Å²) in [6, 6.07) is 3.30. The minimum Gasteiger partial charge on any atom is -0.398 e. The van der Waals surface area contributed by atoms with Crippen LogP contribution in [-0.2, 0) is 10.0 Å². The maximum Gasteiger partial charge on any atom is 0.245 e. The van der Waals surface area contributed by atoms with Crippen LogP contribution in [0.4, 0.5) is 5.69 Å². The van der Waals surface area contributed by atoms with Crippen molar-refractivity contribution in [1.82, 2.24) is 4.31 Å². The minimum absolute atomic E-state index is 0.0848. The number of hydrogen-bond donors (Lipinski definition) is 2. The Morgan fingerprint density at radius 2 is 1.81 bits per heavy atom. The first-order valence-corrected chi connectivity index (χ1v) is 8.73. The molecule has 0 atom stereocenters. The Hall–Kier alpha value is -1.11. The second-order valence-electron chi connectivity index (χ2n) is 5.24. The molecule has 0 amide bonds. The molecule has 0 heterocycles. The fourth-order valence-corrected chi connectivity index (χ4v) is 4.73. The molecular formula is C15H26N2O3S. The van der Waals surface area contributed by atoms with Gasteiger partial charge in [-0.1, -0.05) is 19.9 Å². The fourth-order valence-electron chi connectivity index (χ4n) is 2.56. The number of aliphatic hydroxyl groups excluding tert-OH is 1. The lowest BCUT2D eigenvalue weighted by Crippen LogP contribution is -2.42. The third kappa shape index (κ3) is 3.56. The highest BCUT2D eigenvalue weighted by Gasteiger charge is 2.32. The van der Waals surface area contributed by atoms with Crippen molar-refractivity contribution in [3.8, 4) is 0 Å². The summed E-state index contributed by atoms with van der Waals surface area (Å²) >= 11 is 0. The van der Waals surface area contributed by atoms with Crippen LogP contribution in [0.2, 0.25) is 0 Å². The van der Waals surface area contributed by atoms with Crippen LogP contribution in [-0.4, -0.2) is 37.0 Å². The monoisotopic (exact) mass is 314 g/mol. The highest BCUT2D eigenvalue weighted by atomic mass is 32.2. The van der Waals surface area contributed by atoms with Crippen molar-refractivity contribution in [3.63, 3.8) is 0 Å². The van der Waals surface area contributed by atoms with Gasteiger partial charge in [0.05, 0.1) is 12.3 Å². The van der Waals surface area contributed by atoms with Crippen LogP contribution in [0.25, 0.3) is 0 Å². The Labute approximate surface area is 127 Å². The lowest BCUT2D eigenvalue weighted by Gasteiger charge is -2.30. The summed E-state index contributed by atoms with van der Waals surface area (Å²) < 4.78 is 27.4. The number of anilines is 1. The van der Waals surface area contributed by atoms with Gasteiger partial charge in [0.15, 0.2) is 0 Å². The average molecular weight is 314 g/mol. The third-order valence-electron chi connectivity index (χ3n) is 3.94. The predicted molar refractivity (Wildman–Crippen MR) is 85.7 cm³/mol. The van der Waals surface area contributed by atoms with Gasteiger partial charge in [-0.3, -0.25) is 0 Å².